The first-order chi connectivity index (χ1) is 11.9. The van der Waals surface area contributed by atoms with Gasteiger partial charge in [0.05, 0.1) is 0 Å². The molecule has 0 aliphatic heterocycles. The molecule has 0 radical (unpaired) electrons. The van der Waals surface area contributed by atoms with Crippen LogP contribution in [0.3, 0.4) is 0 Å². The van der Waals surface area contributed by atoms with E-state index in [-0.39, 0.29) is 11.6 Å². The molecule has 3 amide bonds. The quantitative estimate of drug-likeness (QED) is 0.771. The van der Waals surface area contributed by atoms with E-state index < -0.39 is 29.6 Å². The molecule has 0 bridgehead atoms. The molecule has 132 valence electrons. The Kier molecular flexibility index (Phi) is 6.05. The van der Waals surface area contributed by atoms with Gasteiger partial charge in [-0.15, -0.1) is 0 Å². The van der Waals surface area contributed by atoms with Crippen LogP contribution in [0.5, 0.6) is 0 Å². The topological polar surface area (TPSA) is 70.2 Å². The van der Waals surface area contributed by atoms with Crippen LogP contribution in [0.2, 0.25) is 0 Å². The molecule has 0 aliphatic carbocycles. The van der Waals surface area contributed by atoms with Crippen LogP contribution in [0.4, 0.5) is 25.0 Å². The molecular weight excluding hydrogens is 328 g/mol. The third-order valence-corrected chi connectivity index (χ3v) is 3.45. The highest BCUT2D eigenvalue weighted by molar-refractivity contribution is 5.99. The number of hydrogen-bond acceptors (Lipinski definition) is 2. The normalized spacial score (nSPS) is 11.7. The lowest BCUT2D eigenvalue weighted by Crippen LogP contribution is -2.48. The third kappa shape index (κ3) is 5.27. The predicted molar refractivity (Wildman–Crippen MR) is 92.2 cm³/mol. The number of amides is 3. The van der Waals surface area contributed by atoms with E-state index in [1.54, 1.807) is 38.1 Å². The zero-order chi connectivity index (χ0) is 18.4. The minimum absolute atomic E-state index is 0.111. The first-order valence-electron chi connectivity index (χ1n) is 7.75. The maximum absolute atomic E-state index is 13.2. The van der Waals surface area contributed by atoms with Gasteiger partial charge in [-0.25, -0.2) is 13.6 Å². The lowest BCUT2D eigenvalue weighted by atomic mass is 10.0. The van der Waals surface area contributed by atoms with E-state index in [1.165, 1.54) is 6.07 Å². The fraction of sp³-hybridized carbons (Fsp3) is 0.222. The van der Waals surface area contributed by atoms with Gasteiger partial charge in [0.15, 0.2) is 11.6 Å². The molecule has 2 rings (SSSR count). The van der Waals surface area contributed by atoms with E-state index in [9.17, 15) is 18.4 Å². The first-order valence-corrected chi connectivity index (χ1v) is 7.75. The van der Waals surface area contributed by atoms with Crippen LogP contribution < -0.4 is 16.0 Å². The van der Waals surface area contributed by atoms with Gasteiger partial charge in [-0.2, -0.15) is 0 Å². The van der Waals surface area contributed by atoms with E-state index in [1.807, 2.05) is 6.07 Å². The van der Waals surface area contributed by atoms with Gasteiger partial charge in [-0.3, -0.25) is 4.79 Å². The fourth-order valence-electron chi connectivity index (χ4n) is 2.16. The van der Waals surface area contributed by atoms with Crippen molar-refractivity contribution in [2.45, 2.75) is 19.9 Å². The summed E-state index contributed by atoms with van der Waals surface area (Å²) in [6.07, 6.45) is 0. The Hall–Kier alpha value is -2.96. The van der Waals surface area contributed by atoms with Crippen LogP contribution >= 0.6 is 0 Å². The second kappa shape index (κ2) is 8.23. The Balaban J connectivity index is 2.02. The highest BCUT2D eigenvalue weighted by Gasteiger charge is 2.24. The zero-order valence-electron chi connectivity index (χ0n) is 13.8. The SMILES string of the molecule is CC(C)C(NC(=O)Nc1ccccc1)C(=O)Nc1ccc(F)c(F)c1. The molecule has 7 heteroatoms. The molecule has 1 unspecified atom stereocenters. The summed E-state index contributed by atoms with van der Waals surface area (Å²) >= 11 is 0. The van der Waals surface area contributed by atoms with Crippen molar-refractivity contribution in [1.82, 2.24) is 5.32 Å². The van der Waals surface area contributed by atoms with Crippen LogP contribution in [0.25, 0.3) is 0 Å². The average molecular weight is 347 g/mol. The van der Waals surface area contributed by atoms with Crippen LogP contribution in [0.1, 0.15) is 13.8 Å². The maximum atomic E-state index is 13.2. The van der Waals surface area contributed by atoms with Crippen molar-refractivity contribution in [3.05, 3.63) is 60.2 Å². The van der Waals surface area contributed by atoms with Gasteiger partial charge < -0.3 is 16.0 Å². The van der Waals surface area contributed by atoms with Crippen molar-refractivity contribution in [2.24, 2.45) is 5.92 Å². The molecule has 25 heavy (non-hydrogen) atoms. The van der Waals surface area contributed by atoms with Crippen molar-refractivity contribution in [3.8, 4) is 0 Å². The van der Waals surface area contributed by atoms with Crippen LogP contribution in [0, 0.1) is 17.6 Å². The lowest BCUT2D eigenvalue weighted by molar-refractivity contribution is -0.118. The number of halogens is 2. The first kappa shape index (κ1) is 18.4. The number of rotatable bonds is 5. The van der Waals surface area contributed by atoms with Crippen molar-refractivity contribution in [2.75, 3.05) is 10.6 Å². The van der Waals surface area contributed by atoms with Crippen LogP contribution in [-0.4, -0.2) is 18.0 Å². The summed E-state index contributed by atoms with van der Waals surface area (Å²) in [6.45, 7) is 3.52. The highest BCUT2D eigenvalue weighted by atomic mass is 19.2. The number of carbonyl (C=O) groups is 2. The second-order valence-corrected chi connectivity index (χ2v) is 5.80. The molecule has 1 atom stereocenters. The van der Waals surface area contributed by atoms with E-state index in [4.69, 9.17) is 0 Å². The Morgan fingerprint density at radius 1 is 0.880 bits per heavy atom. The molecule has 0 heterocycles. The van der Waals surface area contributed by atoms with Crippen molar-refractivity contribution in [3.63, 3.8) is 0 Å². The van der Waals surface area contributed by atoms with Gasteiger partial charge >= 0.3 is 6.03 Å². The average Bonchev–Trinajstić information content (AvgIpc) is 2.56. The number of benzene rings is 2. The number of hydrogen-bond donors (Lipinski definition) is 3. The number of nitrogens with one attached hydrogen (secondary N) is 3. The molecule has 5 nitrogen and oxygen atoms in total. The Morgan fingerprint density at radius 3 is 2.16 bits per heavy atom. The van der Waals surface area contributed by atoms with Gasteiger partial charge in [0, 0.05) is 17.4 Å². The molecule has 0 aromatic heterocycles. The summed E-state index contributed by atoms with van der Waals surface area (Å²) in [5.41, 5.74) is 0.698. The van der Waals surface area contributed by atoms with Gasteiger partial charge in [-0.1, -0.05) is 32.0 Å². The van der Waals surface area contributed by atoms with E-state index in [0.717, 1.165) is 12.1 Å². The molecule has 0 saturated carbocycles. The van der Waals surface area contributed by atoms with E-state index in [2.05, 4.69) is 16.0 Å². The van der Waals surface area contributed by atoms with E-state index in [0.29, 0.717) is 5.69 Å². The predicted octanol–water partition coefficient (Wildman–Crippen LogP) is 3.75. The fourth-order valence-corrected chi connectivity index (χ4v) is 2.16. The smallest absolute Gasteiger partial charge is 0.319 e. The van der Waals surface area contributed by atoms with Crippen molar-refractivity contribution in [1.29, 1.82) is 0 Å². The molecule has 0 aliphatic rings. The third-order valence-electron chi connectivity index (χ3n) is 3.45. The summed E-state index contributed by atoms with van der Waals surface area (Å²) in [5, 5.41) is 7.68. The minimum atomic E-state index is -1.06. The number of urea groups is 1. The summed E-state index contributed by atoms with van der Waals surface area (Å²) in [4.78, 5) is 24.4. The minimum Gasteiger partial charge on any atom is -0.326 e. The molecule has 2 aromatic rings. The monoisotopic (exact) mass is 347 g/mol. The largest absolute Gasteiger partial charge is 0.326 e. The number of para-hydroxylation sites is 1. The Bertz CT molecular complexity index is 751. The standard InChI is InChI=1S/C18H19F2N3O2/c1-11(2)16(23-18(25)22-12-6-4-3-5-7-12)17(24)21-13-8-9-14(19)15(20)10-13/h3-11,16H,1-2H3,(H,21,24)(H2,22,23,25). The number of carbonyl (C=O) groups excluding carboxylic acids is 2. The van der Waals surface area contributed by atoms with E-state index >= 15 is 0 Å². The molecular formula is C18H19F2N3O2. The molecule has 0 fully saturated rings. The molecule has 3 N–H and O–H groups in total. The van der Waals surface area contributed by atoms with Crippen LogP contribution in [0.15, 0.2) is 48.5 Å². The van der Waals surface area contributed by atoms with Gasteiger partial charge in [-0.05, 0) is 30.2 Å². The van der Waals surface area contributed by atoms with Gasteiger partial charge in [0.2, 0.25) is 5.91 Å². The Morgan fingerprint density at radius 2 is 1.56 bits per heavy atom. The number of anilines is 2. The van der Waals surface area contributed by atoms with Crippen LogP contribution in [-0.2, 0) is 4.79 Å². The van der Waals surface area contributed by atoms with Gasteiger partial charge in [0.25, 0.3) is 0 Å². The lowest BCUT2D eigenvalue weighted by Gasteiger charge is -2.22. The summed E-state index contributed by atoms with van der Waals surface area (Å²) in [7, 11) is 0. The Labute approximate surface area is 144 Å². The highest BCUT2D eigenvalue weighted by Crippen LogP contribution is 2.14. The molecule has 2 aromatic carbocycles. The molecule has 0 saturated heterocycles. The second-order valence-electron chi connectivity index (χ2n) is 5.80. The maximum Gasteiger partial charge on any atom is 0.319 e. The van der Waals surface area contributed by atoms with Gasteiger partial charge in [0.1, 0.15) is 6.04 Å². The zero-order valence-corrected chi connectivity index (χ0v) is 13.8. The summed E-state index contributed by atoms with van der Waals surface area (Å²) in [5.74, 6) is -2.80. The summed E-state index contributed by atoms with van der Waals surface area (Å²) < 4.78 is 26.2. The van der Waals surface area contributed by atoms with Crippen molar-refractivity contribution >= 4 is 23.3 Å². The van der Waals surface area contributed by atoms with Crippen molar-refractivity contribution < 1.29 is 18.4 Å². The molecule has 0 spiro atoms. The summed E-state index contributed by atoms with van der Waals surface area (Å²) in [6, 6.07) is 10.4.